The number of likely N-dealkylation sites (N-methyl/N-ethyl adjacent to an activating group) is 1. The van der Waals surface area contributed by atoms with Crippen LogP contribution in [0.25, 0.3) is 0 Å². The Bertz CT molecular complexity index is 966. The third-order valence-corrected chi connectivity index (χ3v) is 7.11. The molecular formula is C21H27N3O4S. The summed E-state index contributed by atoms with van der Waals surface area (Å²) in [5.41, 5.74) is 1.95. The second-order valence-electron chi connectivity index (χ2n) is 7.00. The van der Waals surface area contributed by atoms with E-state index in [1.807, 2.05) is 13.0 Å². The van der Waals surface area contributed by atoms with Gasteiger partial charge in [0.25, 0.3) is 5.91 Å². The van der Waals surface area contributed by atoms with Crippen molar-refractivity contribution in [2.45, 2.75) is 18.7 Å². The summed E-state index contributed by atoms with van der Waals surface area (Å²) in [4.78, 5) is 14.9. The molecule has 0 bridgehead atoms. The number of anilines is 1. The van der Waals surface area contributed by atoms with Gasteiger partial charge >= 0.3 is 0 Å². The Balaban J connectivity index is 1.69. The Morgan fingerprint density at radius 2 is 1.72 bits per heavy atom. The number of nitrogens with one attached hydrogen (secondary N) is 1. The Kier molecular flexibility index (Phi) is 6.56. The van der Waals surface area contributed by atoms with Gasteiger partial charge in [-0.1, -0.05) is 13.0 Å². The molecule has 3 rings (SSSR count). The Hall–Kier alpha value is -2.42. The van der Waals surface area contributed by atoms with E-state index < -0.39 is 10.0 Å². The van der Waals surface area contributed by atoms with Crippen molar-refractivity contribution in [3.05, 3.63) is 53.6 Å². The number of carbonyl (C=O) groups excluding carboxylic acids is 1. The van der Waals surface area contributed by atoms with Crippen molar-refractivity contribution >= 4 is 21.6 Å². The van der Waals surface area contributed by atoms with Crippen molar-refractivity contribution in [2.24, 2.45) is 0 Å². The molecule has 7 nitrogen and oxygen atoms in total. The molecule has 0 spiro atoms. The lowest BCUT2D eigenvalue weighted by molar-refractivity contribution is 0.102. The largest absolute Gasteiger partial charge is 0.496 e. The fourth-order valence-electron chi connectivity index (χ4n) is 3.31. The van der Waals surface area contributed by atoms with Gasteiger partial charge in [-0.2, -0.15) is 4.31 Å². The van der Waals surface area contributed by atoms with Crippen LogP contribution >= 0.6 is 0 Å². The van der Waals surface area contributed by atoms with Crippen molar-refractivity contribution in [3.8, 4) is 5.75 Å². The number of hydrogen-bond acceptors (Lipinski definition) is 5. The van der Waals surface area contributed by atoms with Crippen molar-refractivity contribution in [1.29, 1.82) is 0 Å². The van der Waals surface area contributed by atoms with Gasteiger partial charge in [0.2, 0.25) is 10.0 Å². The van der Waals surface area contributed by atoms with Gasteiger partial charge < -0.3 is 15.0 Å². The average Bonchev–Trinajstić information content (AvgIpc) is 2.74. The number of ether oxygens (including phenoxy) is 1. The zero-order valence-corrected chi connectivity index (χ0v) is 17.8. The standard InChI is InChI=1S/C21H27N3O4S/c1-4-23-11-13-24(14-12-23)29(26,27)19-9-7-18(8-10-19)22-21(25)17-6-5-16(2)20(15-17)28-3/h5-10,15H,4,11-14H2,1-3H3,(H,22,25). The molecule has 0 atom stereocenters. The van der Waals surface area contributed by atoms with E-state index in [1.54, 1.807) is 31.4 Å². The van der Waals surface area contributed by atoms with Crippen LogP contribution in [0.5, 0.6) is 5.75 Å². The van der Waals surface area contributed by atoms with Gasteiger partial charge in [0.1, 0.15) is 5.75 Å². The minimum atomic E-state index is -3.53. The maximum atomic E-state index is 12.8. The van der Waals surface area contributed by atoms with Gasteiger partial charge in [-0.3, -0.25) is 4.79 Å². The highest BCUT2D eigenvalue weighted by molar-refractivity contribution is 7.89. The smallest absolute Gasteiger partial charge is 0.255 e. The lowest BCUT2D eigenvalue weighted by atomic mass is 10.1. The lowest BCUT2D eigenvalue weighted by Gasteiger charge is -2.33. The average molecular weight is 418 g/mol. The number of aryl methyl sites for hydroxylation is 1. The summed E-state index contributed by atoms with van der Waals surface area (Å²) in [6.45, 7) is 7.36. The number of amides is 1. The van der Waals surface area contributed by atoms with Crippen LogP contribution in [0.1, 0.15) is 22.8 Å². The SMILES string of the molecule is CCN1CCN(S(=O)(=O)c2ccc(NC(=O)c3ccc(C)c(OC)c3)cc2)CC1. The highest BCUT2D eigenvalue weighted by atomic mass is 32.2. The number of hydrogen-bond donors (Lipinski definition) is 1. The van der Waals surface area contributed by atoms with E-state index in [4.69, 9.17) is 4.74 Å². The molecule has 1 amide bonds. The summed E-state index contributed by atoms with van der Waals surface area (Å²) >= 11 is 0. The summed E-state index contributed by atoms with van der Waals surface area (Å²) < 4.78 is 32.5. The zero-order valence-electron chi connectivity index (χ0n) is 17.0. The highest BCUT2D eigenvalue weighted by Crippen LogP contribution is 2.22. The quantitative estimate of drug-likeness (QED) is 0.782. The molecule has 1 fully saturated rings. The second-order valence-corrected chi connectivity index (χ2v) is 8.94. The summed E-state index contributed by atoms with van der Waals surface area (Å²) in [6, 6.07) is 11.5. The fourth-order valence-corrected chi connectivity index (χ4v) is 4.73. The van der Waals surface area contributed by atoms with Crippen molar-refractivity contribution in [1.82, 2.24) is 9.21 Å². The molecule has 0 saturated carbocycles. The van der Waals surface area contributed by atoms with Crippen LogP contribution in [0, 0.1) is 6.92 Å². The molecule has 1 saturated heterocycles. The second kappa shape index (κ2) is 8.94. The summed E-state index contributed by atoms with van der Waals surface area (Å²) in [5.74, 6) is 0.358. The first-order chi connectivity index (χ1) is 13.8. The molecule has 1 heterocycles. The Morgan fingerprint density at radius 1 is 1.07 bits per heavy atom. The minimum Gasteiger partial charge on any atom is -0.496 e. The molecule has 1 aliphatic heterocycles. The van der Waals surface area contributed by atoms with Gasteiger partial charge in [-0.25, -0.2) is 8.42 Å². The van der Waals surface area contributed by atoms with E-state index in [2.05, 4.69) is 17.1 Å². The number of rotatable bonds is 6. The van der Waals surface area contributed by atoms with Crippen LogP contribution in [0.3, 0.4) is 0 Å². The van der Waals surface area contributed by atoms with Crippen molar-refractivity contribution in [2.75, 3.05) is 45.2 Å². The Morgan fingerprint density at radius 3 is 2.31 bits per heavy atom. The van der Waals surface area contributed by atoms with Gasteiger partial charge in [0, 0.05) is 37.4 Å². The molecule has 29 heavy (non-hydrogen) atoms. The van der Waals surface area contributed by atoms with Crippen LogP contribution in [-0.2, 0) is 10.0 Å². The Labute approximate surface area is 172 Å². The van der Waals surface area contributed by atoms with Gasteiger partial charge in [-0.15, -0.1) is 0 Å². The van der Waals surface area contributed by atoms with Gasteiger partial charge in [-0.05, 0) is 55.4 Å². The van der Waals surface area contributed by atoms with Gasteiger partial charge in [0.15, 0.2) is 0 Å². The number of nitrogens with zero attached hydrogens (tertiary/aromatic N) is 2. The predicted molar refractivity (Wildman–Crippen MR) is 113 cm³/mol. The van der Waals surface area contributed by atoms with Crippen molar-refractivity contribution in [3.63, 3.8) is 0 Å². The zero-order chi connectivity index (χ0) is 21.0. The van der Waals surface area contributed by atoms with Crippen LogP contribution in [-0.4, -0.2) is 63.4 Å². The lowest BCUT2D eigenvalue weighted by Crippen LogP contribution is -2.48. The van der Waals surface area contributed by atoms with Crippen molar-refractivity contribution < 1.29 is 17.9 Å². The number of piperazine rings is 1. The normalized spacial score (nSPS) is 15.8. The third-order valence-electron chi connectivity index (χ3n) is 5.20. The first-order valence-electron chi connectivity index (χ1n) is 9.63. The highest BCUT2D eigenvalue weighted by Gasteiger charge is 2.27. The number of sulfonamides is 1. The first-order valence-corrected chi connectivity index (χ1v) is 11.1. The molecular weight excluding hydrogens is 390 g/mol. The molecule has 156 valence electrons. The fraction of sp³-hybridized carbons (Fsp3) is 0.381. The topological polar surface area (TPSA) is 79.0 Å². The van der Waals surface area contributed by atoms with Crippen LogP contribution in [0.15, 0.2) is 47.4 Å². The minimum absolute atomic E-state index is 0.234. The van der Waals surface area contributed by atoms with Gasteiger partial charge in [0.05, 0.1) is 12.0 Å². The van der Waals surface area contributed by atoms with E-state index >= 15 is 0 Å². The predicted octanol–water partition coefficient (Wildman–Crippen LogP) is 2.58. The van der Waals surface area contributed by atoms with E-state index in [9.17, 15) is 13.2 Å². The van der Waals surface area contributed by atoms with Crippen LogP contribution in [0.2, 0.25) is 0 Å². The van der Waals surface area contributed by atoms with E-state index in [0.717, 1.165) is 25.2 Å². The molecule has 0 aliphatic carbocycles. The monoisotopic (exact) mass is 417 g/mol. The summed E-state index contributed by atoms with van der Waals surface area (Å²) in [6.07, 6.45) is 0. The molecule has 1 N–H and O–H groups in total. The molecule has 8 heteroatoms. The van der Waals surface area contributed by atoms with E-state index in [1.165, 1.54) is 16.4 Å². The van der Waals surface area contributed by atoms with E-state index in [-0.39, 0.29) is 10.8 Å². The number of benzene rings is 2. The first kappa shape index (κ1) is 21.3. The molecule has 2 aromatic carbocycles. The molecule has 0 radical (unpaired) electrons. The third kappa shape index (κ3) is 4.77. The molecule has 2 aromatic rings. The summed E-state index contributed by atoms with van der Waals surface area (Å²) in [7, 11) is -1.97. The molecule has 0 unspecified atom stereocenters. The molecule has 0 aromatic heterocycles. The number of carbonyl (C=O) groups is 1. The maximum absolute atomic E-state index is 12.8. The molecule has 1 aliphatic rings. The number of methoxy groups -OCH3 is 1. The van der Waals surface area contributed by atoms with E-state index in [0.29, 0.717) is 30.1 Å². The maximum Gasteiger partial charge on any atom is 0.255 e. The van der Waals surface area contributed by atoms with Crippen LogP contribution < -0.4 is 10.1 Å². The summed E-state index contributed by atoms with van der Waals surface area (Å²) in [5, 5.41) is 2.79. The van der Waals surface area contributed by atoms with Crippen LogP contribution in [0.4, 0.5) is 5.69 Å².